The Bertz CT molecular complexity index is 1250. The number of hydrogen-bond donors (Lipinski definition) is 1. The van der Waals surface area contributed by atoms with E-state index in [4.69, 9.17) is 4.74 Å². The minimum atomic E-state index is -6.09. The molecule has 0 radical (unpaired) electrons. The average molecular weight is 570 g/mol. The second-order valence-electron chi connectivity index (χ2n) is 8.49. The van der Waals surface area contributed by atoms with E-state index in [0.29, 0.717) is 29.3 Å². The Balaban J connectivity index is 1.79. The van der Waals surface area contributed by atoms with E-state index >= 15 is 0 Å². The number of alkyl halides is 8. The number of halogens is 8. The maximum absolute atomic E-state index is 13.4. The summed E-state index contributed by atoms with van der Waals surface area (Å²) < 4.78 is 117. The van der Waals surface area contributed by atoms with Gasteiger partial charge in [-0.25, -0.2) is 4.98 Å². The minimum absolute atomic E-state index is 0.00575. The predicted molar refractivity (Wildman–Crippen MR) is 116 cm³/mol. The summed E-state index contributed by atoms with van der Waals surface area (Å²) in [4.78, 5) is 2.28. The van der Waals surface area contributed by atoms with E-state index in [0.717, 1.165) is 18.5 Å². The number of ether oxygens (including phenoxy) is 2. The summed E-state index contributed by atoms with van der Waals surface area (Å²) in [5, 5.41) is 21.0. The smallest absolute Gasteiger partial charge is 0.431 e. The Morgan fingerprint density at radius 1 is 1.03 bits per heavy atom. The fourth-order valence-corrected chi connectivity index (χ4v) is 4.79. The lowest BCUT2D eigenvalue weighted by Crippen LogP contribution is -2.53. The molecule has 0 saturated heterocycles. The molecule has 6 nitrogen and oxygen atoms in total. The molecule has 0 amide bonds. The van der Waals surface area contributed by atoms with E-state index < -0.39 is 35.4 Å². The Kier molecular flexibility index (Phi) is 7.45. The zero-order valence-electron chi connectivity index (χ0n) is 19.0. The molecule has 0 unspecified atom stereocenters. The van der Waals surface area contributed by atoms with Gasteiger partial charge in [0.15, 0.2) is 23.9 Å². The van der Waals surface area contributed by atoms with E-state index in [-0.39, 0.29) is 45.9 Å². The lowest BCUT2D eigenvalue weighted by molar-refractivity contribution is -0.605. The summed E-state index contributed by atoms with van der Waals surface area (Å²) >= 11 is 0.00575. The lowest BCUT2D eigenvalue weighted by Gasteiger charge is -2.30. The molecular weight excluding hydrogens is 552 g/mol. The normalized spacial score (nSPS) is 15.5. The molecule has 1 atom stereocenters. The molecule has 1 saturated carbocycles. The number of aliphatic hydroxyl groups is 1. The molecule has 0 spiro atoms. The molecule has 206 valence electrons. The number of nitrogens with zero attached hydrogens (tertiary/aromatic N) is 2. The van der Waals surface area contributed by atoms with Crippen molar-refractivity contribution in [2.45, 2.75) is 55.8 Å². The molecule has 1 fully saturated rings. The van der Waals surface area contributed by atoms with Crippen LogP contribution in [0.25, 0.3) is 0 Å². The van der Waals surface area contributed by atoms with Crippen molar-refractivity contribution in [3.63, 3.8) is 0 Å². The van der Waals surface area contributed by atoms with Crippen LogP contribution in [0.3, 0.4) is 0 Å². The Labute approximate surface area is 213 Å². The van der Waals surface area contributed by atoms with Gasteiger partial charge in [0.25, 0.3) is 5.60 Å². The van der Waals surface area contributed by atoms with Crippen LogP contribution in [0.15, 0.2) is 48.9 Å². The molecule has 15 heteroatoms. The van der Waals surface area contributed by atoms with Crippen molar-refractivity contribution < 1.29 is 54.4 Å². The van der Waals surface area contributed by atoms with Crippen molar-refractivity contribution in [3.8, 4) is 11.5 Å². The first-order valence-electron chi connectivity index (χ1n) is 10.9. The largest absolute Gasteiger partial charge is 0.619 e. The van der Waals surface area contributed by atoms with Crippen molar-refractivity contribution in [1.29, 1.82) is 0 Å². The third-order valence-electron chi connectivity index (χ3n) is 5.71. The van der Waals surface area contributed by atoms with Crippen LogP contribution in [-0.4, -0.2) is 35.2 Å². The molecule has 1 N–H and O–H groups in total. The van der Waals surface area contributed by atoms with Gasteiger partial charge in [0, 0.05) is 24.2 Å². The van der Waals surface area contributed by atoms with Crippen LogP contribution in [0, 0.1) is 5.21 Å². The third kappa shape index (κ3) is 5.77. The zero-order valence-corrected chi connectivity index (χ0v) is 19.8. The van der Waals surface area contributed by atoms with Crippen LogP contribution < -0.4 is 14.2 Å². The van der Waals surface area contributed by atoms with Gasteiger partial charge < -0.3 is 19.8 Å². The van der Waals surface area contributed by atoms with Gasteiger partial charge in [-0.05, 0) is 42.5 Å². The SMILES string of the molecule is [O-][n+]1ccc(C[C@H](c2ccc(OC(F)F)c(OC3CC3)c2)c2ncc(C(O)(C(F)(F)F)C(F)(F)F)s2)cc1. The van der Waals surface area contributed by atoms with Crippen molar-refractivity contribution in [3.05, 3.63) is 75.1 Å². The highest BCUT2D eigenvalue weighted by molar-refractivity contribution is 7.11. The van der Waals surface area contributed by atoms with Gasteiger partial charge in [0.1, 0.15) is 5.01 Å². The molecule has 1 aromatic carbocycles. The molecule has 4 rings (SSSR count). The van der Waals surface area contributed by atoms with E-state index in [1.54, 1.807) is 0 Å². The fourth-order valence-electron chi connectivity index (χ4n) is 3.61. The first kappa shape index (κ1) is 27.8. The Morgan fingerprint density at radius 2 is 1.66 bits per heavy atom. The maximum Gasteiger partial charge on any atom is 0.431 e. The number of rotatable bonds is 9. The monoisotopic (exact) mass is 570 g/mol. The van der Waals surface area contributed by atoms with E-state index in [1.807, 2.05) is 0 Å². The second-order valence-corrected chi connectivity index (χ2v) is 9.56. The summed E-state index contributed by atoms with van der Waals surface area (Å²) in [6.45, 7) is -3.18. The van der Waals surface area contributed by atoms with E-state index in [2.05, 4.69) is 9.72 Å². The minimum Gasteiger partial charge on any atom is -0.619 e. The van der Waals surface area contributed by atoms with Gasteiger partial charge >= 0.3 is 19.0 Å². The van der Waals surface area contributed by atoms with Gasteiger partial charge in [-0.2, -0.15) is 39.9 Å². The molecular formula is C23H18F8N2O4S. The average Bonchev–Trinajstić information content (AvgIpc) is 3.50. The van der Waals surface area contributed by atoms with E-state index in [9.17, 15) is 45.4 Å². The van der Waals surface area contributed by atoms with Crippen LogP contribution in [0.2, 0.25) is 0 Å². The van der Waals surface area contributed by atoms with Crippen molar-refractivity contribution >= 4 is 11.3 Å². The fraction of sp³-hybridized carbons (Fsp3) is 0.391. The molecule has 38 heavy (non-hydrogen) atoms. The first-order valence-corrected chi connectivity index (χ1v) is 11.8. The quantitative estimate of drug-likeness (QED) is 0.206. The second kappa shape index (κ2) is 10.2. The number of thiazole rings is 1. The van der Waals surface area contributed by atoms with Gasteiger partial charge in [-0.1, -0.05) is 6.07 Å². The summed E-state index contributed by atoms with van der Waals surface area (Å²) in [6.07, 6.45) is -8.58. The number of benzene rings is 1. The molecule has 2 aromatic heterocycles. The summed E-state index contributed by atoms with van der Waals surface area (Å²) in [6, 6.07) is 6.55. The molecule has 3 aromatic rings. The van der Waals surface area contributed by atoms with Crippen LogP contribution in [0.4, 0.5) is 35.1 Å². The Hall–Kier alpha value is -3.20. The number of aromatic nitrogens is 2. The highest BCUT2D eigenvalue weighted by Crippen LogP contribution is 2.52. The van der Waals surface area contributed by atoms with Crippen molar-refractivity contribution in [1.82, 2.24) is 4.98 Å². The zero-order chi connectivity index (χ0) is 27.9. The first-order chi connectivity index (χ1) is 17.7. The van der Waals surface area contributed by atoms with Crippen molar-refractivity contribution in [2.75, 3.05) is 0 Å². The number of pyridine rings is 1. The predicted octanol–water partition coefficient (Wildman–Crippen LogP) is 5.61. The summed E-state index contributed by atoms with van der Waals surface area (Å²) in [5.74, 6) is -1.39. The van der Waals surface area contributed by atoms with Crippen LogP contribution in [-0.2, 0) is 12.0 Å². The molecule has 0 bridgehead atoms. The topological polar surface area (TPSA) is 78.5 Å². The summed E-state index contributed by atoms with van der Waals surface area (Å²) in [7, 11) is 0. The van der Waals surface area contributed by atoms with Gasteiger partial charge in [0.05, 0.1) is 11.0 Å². The van der Waals surface area contributed by atoms with Crippen LogP contribution >= 0.6 is 11.3 Å². The Morgan fingerprint density at radius 3 is 2.21 bits per heavy atom. The van der Waals surface area contributed by atoms with Crippen LogP contribution in [0.5, 0.6) is 11.5 Å². The lowest BCUT2D eigenvalue weighted by atomic mass is 9.92. The maximum atomic E-state index is 13.4. The van der Waals surface area contributed by atoms with E-state index in [1.165, 1.54) is 24.3 Å². The third-order valence-corrected chi connectivity index (χ3v) is 6.93. The molecule has 1 aliphatic rings. The van der Waals surface area contributed by atoms with Crippen LogP contribution in [0.1, 0.15) is 39.8 Å². The highest BCUT2D eigenvalue weighted by atomic mass is 32.1. The molecule has 1 aliphatic carbocycles. The van der Waals surface area contributed by atoms with Gasteiger partial charge in [0.2, 0.25) is 0 Å². The molecule has 2 heterocycles. The highest BCUT2D eigenvalue weighted by Gasteiger charge is 2.72. The number of hydrogen-bond acceptors (Lipinski definition) is 6. The van der Waals surface area contributed by atoms with Gasteiger partial charge in [-0.15, -0.1) is 11.3 Å². The van der Waals surface area contributed by atoms with Gasteiger partial charge in [-0.3, -0.25) is 0 Å². The molecule has 0 aliphatic heterocycles. The summed E-state index contributed by atoms with van der Waals surface area (Å²) in [5.41, 5.74) is -4.43. The standard InChI is InChI=1S/C23H18F8N2O4S/c24-20(25)37-16-4-1-13(10-17(16)36-14-2-3-14)15(9-12-5-7-33(35)8-6-12)19-32-11-18(38-19)21(34,22(26,27)28)23(29,30)31/h1,4-8,10-11,14-15,20,34H,2-3,9H2/t15-/m1/s1. The van der Waals surface area contributed by atoms with Crippen molar-refractivity contribution in [2.24, 2.45) is 0 Å².